The first-order valence-electron chi connectivity index (χ1n) is 6.46. The summed E-state index contributed by atoms with van der Waals surface area (Å²) in [6.45, 7) is 7.34. The van der Waals surface area contributed by atoms with Gasteiger partial charge in [0.25, 0.3) is 0 Å². The lowest BCUT2D eigenvalue weighted by atomic mass is 10.0. The summed E-state index contributed by atoms with van der Waals surface area (Å²) in [6, 6.07) is 8.44. The minimum absolute atomic E-state index is 0.00945. The summed E-state index contributed by atoms with van der Waals surface area (Å²) in [7, 11) is 0. The molecule has 2 unspecified atom stereocenters. The van der Waals surface area contributed by atoms with Crippen molar-refractivity contribution in [2.75, 3.05) is 6.54 Å². The van der Waals surface area contributed by atoms with Crippen LogP contribution in [-0.4, -0.2) is 29.3 Å². The topological polar surface area (TPSA) is 20.3 Å². The third-order valence-corrected chi connectivity index (χ3v) is 3.82. The van der Waals surface area contributed by atoms with E-state index in [-0.39, 0.29) is 11.8 Å². The molecule has 92 valence electrons. The molecule has 0 spiro atoms. The Kier molecular flexibility index (Phi) is 3.63. The molecule has 1 heterocycles. The minimum atomic E-state index is 0.00945. The van der Waals surface area contributed by atoms with Crippen molar-refractivity contribution in [1.82, 2.24) is 4.90 Å². The first kappa shape index (κ1) is 12.3. The lowest BCUT2D eigenvalue weighted by Crippen LogP contribution is -2.40. The highest BCUT2D eigenvalue weighted by Gasteiger charge is 2.29. The van der Waals surface area contributed by atoms with Gasteiger partial charge in [0.15, 0.2) is 5.78 Å². The minimum Gasteiger partial charge on any atom is -0.292 e. The van der Waals surface area contributed by atoms with Gasteiger partial charge in [-0.1, -0.05) is 29.8 Å². The number of carbonyl (C=O) groups is 1. The third kappa shape index (κ3) is 2.58. The van der Waals surface area contributed by atoms with E-state index < -0.39 is 0 Å². The van der Waals surface area contributed by atoms with Gasteiger partial charge in [0.2, 0.25) is 0 Å². The van der Waals surface area contributed by atoms with Gasteiger partial charge < -0.3 is 0 Å². The molecule has 1 aromatic rings. The van der Waals surface area contributed by atoms with Crippen molar-refractivity contribution >= 4 is 5.78 Å². The zero-order chi connectivity index (χ0) is 12.4. The van der Waals surface area contributed by atoms with Crippen LogP contribution < -0.4 is 0 Å². The van der Waals surface area contributed by atoms with E-state index >= 15 is 0 Å². The quantitative estimate of drug-likeness (QED) is 0.745. The maximum Gasteiger partial charge on any atom is 0.179 e. The van der Waals surface area contributed by atoms with Crippen LogP contribution in [0.3, 0.4) is 0 Å². The third-order valence-electron chi connectivity index (χ3n) is 3.82. The van der Waals surface area contributed by atoms with Crippen molar-refractivity contribution in [2.45, 2.75) is 45.7 Å². The van der Waals surface area contributed by atoms with Gasteiger partial charge in [-0.3, -0.25) is 9.69 Å². The van der Waals surface area contributed by atoms with E-state index in [1.165, 1.54) is 18.4 Å². The fourth-order valence-electron chi connectivity index (χ4n) is 2.64. The number of likely N-dealkylation sites (tertiary alicyclic amines) is 1. The smallest absolute Gasteiger partial charge is 0.179 e. The van der Waals surface area contributed by atoms with E-state index in [4.69, 9.17) is 0 Å². The van der Waals surface area contributed by atoms with Gasteiger partial charge in [0.05, 0.1) is 6.04 Å². The molecule has 2 nitrogen and oxygen atoms in total. The summed E-state index contributed by atoms with van der Waals surface area (Å²) >= 11 is 0. The van der Waals surface area contributed by atoms with Gasteiger partial charge in [-0.25, -0.2) is 0 Å². The Labute approximate surface area is 104 Å². The monoisotopic (exact) mass is 231 g/mol. The van der Waals surface area contributed by atoms with Crippen LogP contribution in [0.25, 0.3) is 0 Å². The van der Waals surface area contributed by atoms with Crippen molar-refractivity contribution in [1.29, 1.82) is 0 Å². The van der Waals surface area contributed by atoms with Crippen LogP contribution in [0.15, 0.2) is 24.3 Å². The molecule has 1 fully saturated rings. The fourth-order valence-corrected chi connectivity index (χ4v) is 2.64. The van der Waals surface area contributed by atoms with Crippen LogP contribution in [0.1, 0.15) is 42.6 Å². The van der Waals surface area contributed by atoms with E-state index in [9.17, 15) is 4.79 Å². The molecular weight excluding hydrogens is 210 g/mol. The van der Waals surface area contributed by atoms with Crippen LogP contribution in [-0.2, 0) is 0 Å². The molecule has 17 heavy (non-hydrogen) atoms. The Morgan fingerprint density at radius 3 is 2.53 bits per heavy atom. The average molecular weight is 231 g/mol. The predicted octanol–water partition coefficient (Wildman–Crippen LogP) is 3.05. The Hall–Kier alpha value is -1.15. The molecule has 0 aliphatic carbocycles. The molecule has 2 rings (SSSR count). The van der Waals surface area contributed by atoms with E-state index in [0.717, 1.165) is 12.1 Å². The van der Waals surface area contributed by atoms with Crippen molar-refractivity contribution in [3.05, 3.63) is 35.4 Å². The summed E-state index contributed by atoms with van der Waals surface area (Å²) in [4.78, 5) is 14.7. The van der Waals surface area contributed by atoms with E-state index in [1.807, 2.05) is 38.1 Å². The fraction of sp³-hybridized carbons (Fsp3) is 0.533. The molecule has 0 saturated carbocycles. The second kappa shape index (κ2) is 5.01. The summed E-state index contributed by atoms with van der Waals surface area (Å²) in [5.41, 5.74) is 2.03. The highest BCUT2D eigenvalue weighted by molar-refractivity contribution is 5.99. The highest BCUT2D eigenvalue weighted by atomic mass is 16.1. The van der Waals surface area contributed by atoms with Crippen molar-refractivity contribution in [3.63, 3.8) is 0 Å². The van der Waals surface area contributed by atoms with Crippen LogP contribution in [0.5, 0.6) is 0 Å². The lowest BCUT2D eigenvalue weighted by Gasteiger charge is -2.27. The summed E-state index contributed by atoms with van der Waals surface area (Å²) < 4.78 is 0. The molecule has 2 heteroatoms. The molecule has 2 atom stereocenters. The number of carbonyl (C=O) groups excluding carboxylic acids is 1. The molecule has 1 aromatic carbocycles. The molecule has 0 radical (unpaired) electrons. The number of nitrogens with zero attached hydrogens (tertiary/aromatic N) is 1. The van der Waals surface area contributed by atoms with Gasteiger partial charge in [-0.05, 0) is 40.2 Å². The van der Waals surface area contributed by atoms with Crippen LogP contribution in [0.4, 0.5) is 0 Å². The zero-order valence-corrected chi connectivity index (χ0v) is 10.9. The number of benzene rings is 1. The largest absolute Gasteiger partial charge is 0.292 e. The molecular formula is C15H21NO. The maximum absolute atomic E-state index is 12.3. The van der Waals surface area contributed by atoms with E-state index in [0.29, 0.717) is 6.04 Å². The standard InChI is InChI=1S/C15H21NO/c1-11-6-8-14(9-7-11)15(17)13(3)16-10-4-5-12(16)2/h6-9,12-13H,4-5,10H2,1-3H3. The zero-order valence-electron chi connectivity index (χ0n) is 10.9. The molecule has 0 amide bonds. The summed E-state index contributed by atoms with van der Waals surface area (Å²) in [6.07, 6.45) is 2.43. The Bertz CT molecular complexity index is 396. The number of hydrogen-bond acceptors (Lipinski definition) is 2. The second-order valence-corrected chi connectivity index (χ2v) is 5.14. The van der Waals surface area contributed by atoms with Crippen LogP contribution in [0, 0.1) is 6.92 Å². The number of hydrogen-bond donors (Lipinski definition) is 0. The molecule has 0 bridgehead atoms. The Morgan fingerprint density at radius 1 is 1.35 bits per heavy atom. The molecule has 1 saturated heterocycles. The molecule has 1 aliphatic rings. The van der Waals surface area contributed by atoms with E-state index in [2.05, 4.69) is 11.8 Å². The van der Waals surface area contributed by atoms with Crippen molar-refractivity contribution in [2.24, 2.45) is 0 Å². The van der Waals surface area contributed by atoms with Crippen molar-refractivity contribution in [3.8, 4) is 0 Å². The van der Waals surface area contributed by atoms with Gasteiger partial charge in [-0.15, -0.1) is 0 Å². The van der Waals surface area contributed by atoms with Crippen LogP contribution in [0.2, 0.25) is 0 Å². The molecule has 0 aromatic heterocycles. The molecule has 1 aliphatic heterocycles. The maximum atomic E-state index is 12.3. The van der Waals surface area contributed by atoms with E-state index in [1.54, 1.807) is 0 Å². The van der Waals surface area contributed by atoms with Gasteiger partial charge in [0, 0.05) is 11.6 Å². The van der Waals surface area contributed by atoms with Crippen LogP contribution >= 0.6 is 0 Å². The van der Waals surface area contributed by atoms with Gasteiger partial charge in [0.1, 0.15) is 0 Å². The SMILES string of the molecule is Cc1ccc(C(=O)C(C)N2CCCC2C)cc1. The van der Waals surface area contributed by atoms with Gasteiger partial charge >= 0.3 is 0 Å². The second-order valence-electron chi connectivity index (χ2n) is 5.14. The Morgan fingerprint density at radius 2 is 2.00 bits per heavy atom. The first-order chi connectivity index (χ1) is 8.09. The normalized spacial score (nSPS) is 22.6. The van der Waals surface area contributed by atoms with Gasteiger partial charge in [-0.2, -0.15) is 0 Å². The average Bonchev–Trinajstić information content (AvgIpc) is 2.74. The summed E-state index contributed by atoms with van der Waals surface area (Å²) in [5.74, 6) is 0.249. The Balaban J connectivity index is 2.11. The van der Waals surface area contributed by atoms with Crippen molar-refractivity contribution < 1.29 is 4.79 Å². The summed E-state index contributed by atoms with van der Waals surface area (Å²) in [5, 5.41) is 0. The predicted molar refractivity (Wildman–Crippen MR) is 70.4 cm³/mol. The highest BCUT2D eigenvalue weighted by Crippen LogP contribution is 2.21. The number of ketones is 1. The number of aryl methyl sites for hydroxylation is 1. The number of rotatable bonds is 3. The molecule has 0 N–H and O–H groups in total. The number of Topliss-reactive ketones (excluding diaryl/α,β-unsaturated/α-hetero) is 1. The first-order valence-corrected chi connectivity index (χ1v) is 6.46. The lowest BCUT2D eigenvalue weighted by molar-refractivity contribution is 0.0829.